The third-order valence-corrected chi connectivity index (χ3v) is 5.15. The number of hydrogen-bond donors (Lipinski definition) is 1. The fourth-order valence-corrected chi connectivity index (χ4v) is 3.65. The van der Waals surface area contributed by atoms with Crippen LogP contribution in [0.15, 0.2) is 17.0 Å². The van der Waals surface area contributed by atoms with Crippen LogP contribution in [0.2, 0.25) is 0 Å². The van der Waals surface area contributed by atoms with Gasteiger partial charge in [0.25, 0.3) is 0 Å². The molecule has 1 aromatic carbocycles. The Morgan fingerprint density at radius 1 is 1.23 bits per heavy atom. The number of carbonyl (C=O) groups excluding carboxylic acids is 1. The molecule has 0 saturated heterocycles. The van der Waals surface area contributed by atoms with E-state index in [-0.39, 0.29) is 16.6 Å². The maximum Gasteiger partial charge on any atom is 0.238 e. The van der Waals surface area contributed by atoms with Crippen molar-refractivity contribution in [2.45, 2.75) is 51.6 Å². The number of ketones is 1. The van der Waals surface area contributed by atoms with E-state index >= 15 is 0 Å². The zero-order valence-corrected chi connectivity index (χ0v) is 14.4. The third-order valence-electron chi connectivity index (χ3n) is 4.18. The molecule has 5 nitrogen and oxygen atoms in total. The van der Waals surface area contributed by atoms with Gasteiger partial charge in [-0.1, -0.05) is 13.8 Å². The van der Waals surface area contributed by atoms with Crippen LogP contribution in [-0.2, 0) is 23.0 Å². The van der Waals surface area contributed by atoms with Crippen molar-refractivity contribution in [2.24, 2.45) is 11.1 Å². The first-order valence-electron chi connectivity index (χ1n) is 7.58. The van der Waals surface area contributed by atoms with Crippen molar-refractivity contribution in [3.63, 3.8) is 0 Å². The van der Waals surface area contributed by atoms with Gasteiger partial charge in [-0.2, -0.15) is 0 Å². The van der Waals surface area contributed by atoms with Crippen molar-refractivity contribution < 1.29 is 13.2 Å². The van der Waals surface area contributed by atoms with Crippen LogP contribution in [0.4, 0.5) is 0 Å². The van der Waals surface area contributed by atoms with E-state index in [1.807, 2.05) is 6.07 Å². The summed E-state index contributed by atoms with van der Waals surface area (Å²) in [6.45, 7) is 9.18. The minimum absolute atomic E-state index is 0.0565. The smallest absolute Gasteiger partial charge is 0.238 e. The molecule has 0 fully saturated rings. The van der Waals surface area contributed by atoms with Crippen molar-refractivity contribution in [1.82, 2.24) is 4.90 Å². The molecule has 1 aromatic rings. The molecular formula is C16H24N2O3S. The molecule has 0 unspecified atom stereocenters. The average molecular weight is 324 g/mol. The van der Waals surface area contributed by atoms with Gasteiger partial charge in [0.15, 0.2) is 5.78 Å². The largest absolute Gasteiger partial charge is 0.296 e. The third kappa shape index (κ3) is 3.39. The van der Waals surface area contributed by atoms with Gasteiger partial charge in [0.1, 0.15) is 0 Å². The molecular weight excluding hydrogens is 300 g/mol. The summed E-state index contributed by atoms with van der Waals surface area (Å²) in [4.78, 5) is 14.5. The van der Waals surface area contributed by atoms with Gasteiger partial charge in [0, 0.05) is 30.6 Å². The fraction of sp³-hybridized carbons (Fsp3) is 0.562. The summed E-state index contributed by atoms with van der Waals surface area (Å²) in [5.41, 5.74) is 2.10. The van der Waals surface area contributed by atoms with E-state index in [0.29, 0.717) is 18.2 Å². The lowest BCUT2D eigenvalue weighted by Crippen LogP contribution is -2.37. The summed E-state index contributed by atoms with van der Waals surface area (Å²) in [5, 5.41) is 5.39. The molecule has 122 valence electrons. The van der Waals surface area contributed by atoms with Crippen LogP contribution in [0.25, 0.3) is 0 Å². The van der Waals surface area contributed by atoms with Crippen molar-refractivity contribution >= 4 is 15.8 Å². The van der Waals surface area contributed by atoms with Crippen LogP contribution in [-0.4, -0.2) is 31.7 Å². The van der Waals surface area contributed by atoms with E-state index in [1.165, 1.54) is 6.07 Å². The molecule has 0 spiro atoms. The number of benzene rings is 1. The Hall–Kier alpha value is -1.24. The van der Waals surface area contributed by atoms with Crippen LogP contribution < -0.4 is 5.14 Å². The number of sulfonamides is 1. The van der Waals surface area contributed by atoms with Crippen LogP contribution in [0.1, 0.15) is 49.2 Å². The highest BCUT2D eigenvalue weighted by atomic mass is 32.2. The average Bonchev–Trinajstić information content (AvgIpc) is 2.43. The maximum absolute atomic E-state index is 12.2. The Bertz CT molecular complexity index is 694. The Morgan fingerprint density at radius 3 is 2.36 bits per heavy atom. The Balaban J connectivity index is 2.59. The van der Waals surface area contributed by atoms with Gasteiger partial charge in [-0.05, 0) is 43.5 Å². The molecule has 0 saturated carbocycles. The number of carbonyl (C=O) groups is 1. The molecule has 22 heavy (non-hydrogen) atoms. The lowest BCUT2D eigenvalue weighted by molar-refractivity contribution is 0.0939. The molecule has 0 amide bonds. The molecule has 6 heteroatoms. The van der Waals surface area contributed by atoms with E-state index in [9.17, 15) is 13.2 Å². The summed E-state index contributed by atoms with van der Waals surface area (Å²) in [7, 11) is -3.85. The van der Waals surface area contributed by atoms with Gasteiger partial charge in [-0.3, -0.25) is 9.69 Å². The summed E-state index contributed by atoms with van der Waals surface area (Å²) < 4.78 is 23.9. The zero-order chi connectivity index (χ0) is 16.7. The van der Waals surface area contributed by atoms with Gasteiger partial charge >= 0.3 is 0 Å². The van der Waals surface area contributed by atoms with Gasteiger partial charge in [-0.25, -0.2) is 13.6 Å². The number of primary sulfonamides is 1. The standard InChI is InChI=1S/C16H24N2O3S/c1-10(2)16(19)13-7-12-5-6-18(11(3)4)9-14(12)15(8-13)22(17,20)21/h7-8,10-11H,5-6,9H2,1-4H3,(H2,17,20,21). The van der Waals surface area contributed by atoms with Crippen molar-refractivity contribution in [3.05, 3.63) is 28.8 Å². The summed E-state index contributed by atoms with van der Waals surface area (Å²) >= 11 is 0. The Labute approximate surface area is 132 Å². The minimum Gasteiger partial charge on any atom is -0.296 e. The van der Waals surface area contributed by atoms with Crippen molar-refractivity contribution in [3.8, 4) is 0 Å². The first-order chi connectivity index (χ1) is 10.1. The lowest BCUT2D eigenvalue weighted by Gasteiger charge is -2.33. The normalized spacial score (nSPS) is 16.1. The second-order valence-electron chi connectivity index (χ2n) is 6.49. The zero-order valence-electron chi connectivity index (χ0n) is 13.6. The number of nitrogens with zero attached hydrogens (tertiary/aromatic N) is 1. The second kappa shape index (κ2) is 6.10. The summed E-state index contributed by atoms with van der Waals surface area (Å²) in [5.74, 6) is -0.235. The molecule has 2 N–H and O–H groups in total. The van der Waals surface area contributed by atoms with Crippen molar-refractivity contribution in [1.29, 1.82) is 0 Å². The Kier molecular flexibility index (Phi) is 4.75. The number of fused-ring (bicyclic) bond motifs is 1. The molecule has 1 aliphatic heterocycles. The van der Waals surface area contributed by atoms with E-state index < -0.39 is 10.0 Å². The predicted molar refractivity (Wildman–Crippen MR) is 86.2 cm³/mol. The monoisotopic (exact) mass is 324 g/mol. The van der Waals surface area contributed by atoms with Gasteiger partial charge in [0.05, 0.1) is 4.90 Å². The highest BCUT2D eigenvalue weighted by Gasteiger charge is 2.27. The fourth-order valence-electron chi connectivity index (χ4n) is 2.82. The van der Waals surface area contributed by atoms with Crippen LogP contribution >= 0.6 is 0 Å². The van der Waals surface area contributed by atoms with Crippen LogP contribution in [0.3, 0.4) is 0 Å². The highest BCUT2D eigenvalue weighted by Crippen LogP contribution is 2.29. The number of Topliss-reactive ketones (excluding diaryl/α,β-unsaturated/α-hetero) is 1. The molecule has 0 radical (unpaired) electrons. The summed E-state index contributed by atoms with van der Waals surface area (Å²) in [6.07, 6.45) is 0.731. The van der Waals surface area contributed by atoms with Gasteiger partial charge in [-0.15, -0.1) is 0 Å². The molecule has 0 bridgehead atoms. The van der Waals surface area contributed by atoms with Gasteiger partial charge in [0.2, 0.25) is 10.0 Å². The maximum atomic E-state index is 12.2. The molecule has 2 rings (SSSR count). The highest BCUT2D eigenvalue weighted by molar-refractivity contribution is 7.89. The first kappa shape index (κ1) is 17.1. The van der Waals surface area contributed by atoms with Gasteiger partial charge < -0.3 is 0 Å². The van der Waals surface area contributed by atoms with E-state index in [2.05, 4.69) is 18.7 Å². The predicted octanol–water partition coefficient (Wildman–Crippen LogP) is 1.94. The molecule has 1 heterocycles. The molecule has 1 aliphatic rings. The van der Waals surface area contributed by atoms with Crippen LogP contribution in [0.5, 0.6) is 0 Å². The summed E-state index contributed by atoms with van der Waals surface area (Å²) in [6, 6.07) is 3.61. The quantitative estimate of drug-likeness (QED) is 0.858. The molecule has 0 aliphatic carbocycles. The van der Waals surface area contributed by atoms with Crippen LogP contribution in [0, 0.1) is 5.92 Å². The lowest BCUT2D eigenvalue weighted by atomic mass is 9.92. The van der Waals surface area contributed by atoms with E-state index in [1.54, 1.807) is 13.8 Å². The molecule has 0 atom stereocenters. The topological polar surface area (TPSA) is 80.5 Å². The molecule has 0 aromatic heterocycles. The SMILES string of the molecule is CC(C)C(=O)c1cc2c(c(S(N)(=O)=O)c1)CN(C(C)C)CC2. The number of hydrogen-bond acceptors (Lipinski definition) is 4. The van der Waals surface area contributed by atoms with E-state index in [4.69, 9.17) is 5.14 Å². The van der Waals surface area contributed by atoms with E-state index in [0.717, 1.165) is 24.1 Å². The number of rotatable bonds is 4. The number of nitrogens with two attached hydrogens (primary N) is 1. The first-order valence-corrected chi connectivity index (χ1v) is 9.12. The van der Waals surface area contributed by atoms with Crippen molar-refractivity contribution in [2.75, 3.05) is 6.54 Å². The second-order valence-corrected chi connectivity index (χ2v) is 8.02. The Morgan fingerprint density at radius 2 is 1.86 bits per heavy atom. The minimum atomic E-state index is -3.85.